The van der Waals surface area contributed by atoms with Gasteiger partial charge in [0.1, 0.15) is 0 Å². The van der Waals surface area contributed by atoms with Gasteiger partial charge < -0.3 is 15.5 Å². The van der Waals surface area contributed by atoms with Gasteiger partial charge in [-0.2, -0.15) is 0 Å². The molecule has 0 aliphatic heterocycles. The van der Waals surface area contributed by atoms with E-state index in [1.807, 2.05) is 24.3 Å². The molecule has 1 amide bonds. The molecule has 0 aromatic heterocycles. The molecule has 0 atom stereocenters. The van der Waals surface area contributed by atoms with Gasteiger partial charge in [0, 0.05) is 25.2 Å². The van der Waals surface area contributed by atoms with E-state index in [2.05, 4.69) is 15.6 Å². The highest BCUT2D eigenvalue weighted by Gasteiger charge is 2.16. The first-order chi connectivity index (χ1) is 11.1. The zero-order valence-corrected chi connectivity index (χ0v) is 14.6. The number of carbonyl (C=O) groups excluding carboxylic acids is 1. The van der Waals surface area contributed by atoms with Crippen LogP contribution in [0.2, 0.25) is 5.02 Å². The first-order valence-electron chi connectivity index (χ1n) is 8.04. The van der Waals surface area contributed by atoms with Crippen molar-refractivity contribution < 1.29 is 4.79 Å². The maximum Gasteiger partial charge on any atom is 0.241 e. The van der Waals surface area contributed by atoms with E-state index in [0.717, 1.165) is 18.4 Å². The number of hydrogen-bond donors (Lipinski definition) is 2. The molecule has 0 radical (unpaired) electrons. The molecule has 1 saturated carbocycles. The van der Waals surface area contributed by atoms with Crippen LogP contribution >= 0.6 is 11.6 Å². The molecule has 0 saturated heterocycles. The van der Waals surface area contributed by atoms with Crippen molar-refractivity contribution in [2.24, 2.45) is 4.99 Å². The fourth-order valence-corrected chi connectivity index (χ4v) is 2.72. The topological polar surface area (TPSA) is 56.7 Å². The maximum atomic E-state index is 11.8. The first-order valence-corrected chi connectivity index (χ1v) is 8.42. The number of hydrogen-bond acceptors (Lipinski definition) is 2. The number of rotatable bonds is 5. The lowest BCUT2D eigenvalue weighted by Crippen LogP contribution is -2.46. The Kier molecular flexibility index (Phi) is 6.71. The average Bonchev–Trinajstić information content (AvgIpc) is 3.03. The molecule has 5 nitrogen and oxygen atoms in total. The summed E-state index contributed by atoms with van der Waals surface area (Å²) in [7, 11) is 3.49. The number of likely N-dealkylation sites (N-methyl/N-ethyl adjacent to an activating group) is 1. The summed E-state index contributed by atoms with van der Waals surface area (Å²) in [6.45, 7) is 0.714. The van der Waals surface area contributed by atoms with Gasteiger partial charge in [-0.25, -0.2) is 4.99 Å². The highest BCUT2D eigenvalue weighted by atomic mass is 35.5. The quantitative estimate of drug-likeness (QED) is 0.641. The van der Waals surface area contributed by atoms with E-state index in [1.165, 1.54) is 12.8 Å². The number of halogens is 1. The van der Waals surface area contributed by atoms with Gasteiger partial charge in [-0.3, -0.25) is 4.79 Å². The molecule has 1 aromatic carbocycles. The molecular formula is C17H25ClN4O. The Morgan fingerprint density at radius 1 is 1.30 bits per heavy atom. The van der Waals surface area contributed by atoms with Crippen molar-refractivity contribution >= 4 is 23.5 Å². The summed E-state index contributed by atoms with van der Waals surface area (Å²) < 4.78 is 0. The summed E-state index contributed by atoms with van der Waals surface area (Å²) in [5, 5.41) is 7.26. The van der Waals surface area contributed by atoms with Gasteiger partial charge in [-0.15, -0.1) is 0 Å². The highest BCUT2D eigenvalue weighted by Crippen LogP contribution is 2.18. The monoisotopic (exact) mass is 336 g/mol. The molecule has 1 aliphatic rings. The number of nitrogens with one attached hydrogen (secondary N) is 2. The fourth-order valence-electron chi connectivity index (χ4n) is 2.52. The Morgan fingerprint density at radius 2 is 2.00 bits per heavy atom. The van der Waals surface area contributed by atoms with Crippen LogP contribution in [-0.2, 0) is 11.3 Å². The van der Waals surface area contributed by atoms with E-state index in [9.17, 15) is 4.79 Å². The Balaban J connectivity index is 2.00. The van der Waals surface area contributed by atoms with Gasteiger partial charge in [-0.1, -0.05) is 42.6 Å². The fraction of sp³-hybridized carbons (Fsp3) is 0.529. The standard InChI is InChI=1S/C17H25ClN4O/c1-22(2)16(23)12-20-17(21-14-8-4-5-9-14)19-11-13-7-3-6-10-15(13)18/h3,6-7,10,14H,4-5,8-9,11-12H2,1-2H3,(H2,19,20,21). The van der Waals surface area contributed by atoms with Crippen molar-refractivity contribution in [1.29, 1.82) is 0 Å². The molecule has 0 bridgehead atoms. The van der Waals surface area contributed by atoms with Crippen molar-refractivity contribution in [1.82, 2.24) is 15.5 Å². The molecule has 1 aromatic rings. The Hall–Kier alpha value is -1.75. The number of benzene rings is 1. The molecular weight excluding hydrogens is 312 g/mol. The zero-order valence-electron chi connectivity index (χ0n) is 13.8. The summed E-state index contributed by atoms with van der Waals surface area (Å²) in [5.74, 6) is 0.690. The van der Waals surface area contributed by atoms with Crippen LogP contribution in [0.4, 0.5) is 0 Å². The minimum Gasteiger partial charge on any atom is -0.354 e. The maximum absolute atomic E-state index is 11.8. The third kappa shape index (κ3) is 5.75. The predicted molar refractivity (Wildman–Crippen MR) is 94.7 cm³/mol. The SMILES string of the molecule is CN(C)C(=O)CNC(=NCc1ccccc1Cl)NC1CCCC1. The van der Waals surface area contributed by atoms with E-state index < -0.39 is 0 Å². The molecule has 1 aliphatic carbocycles. The minimum atomic E-state index is 0.0173. The van der Waals surface area contributed by atoms with Crippen LogP contribution in [0.5, 0.6) is 0 Å². The molecule has 6 heteroatoms. The van der Waals surface area contributed by atoms with E-state index in [1.54, 1.807) is 19.0 Å². The zero-order chi connectivity index (χ0) is 16.7. The first kappa shape index (κ1) is 17.6. The summed E-state index contributed by atoms with van der Waals surface area (Å²) in [6, 6.07) is 8.11. The lowest BCUT2D eigenvalue weighted by atomic mass is 10.2. The van der Waals surface area contributed by atoms with Crippen molar-refractivity contribution in [3.05, 3.63) is 34.9 Å². The number of nitrogens with zero attached hydrogens (tertiary/aromatic N) is 2. The van der Waals surface area contributed by atoms with E-state index in [4.69, 9.17) is 11.6 Å². The average molecular weight is 337 g/mol. The van der Waals surface area contributed by atoms with Crippen LogP contribution in [-0.4, -0.2) is 43.4 Å². The lowest BCUT2D eigenvalue weighted by Gasteiger charge is -2.18. The number of aliphatic imine (C=N–C) groups is 1. The molecule has 2 N–H and O–H groups in total. The molecule has 126 valence electrons. The second kappa shape index (κ2) is 8.77. The van der Waals surface area contributed by atoms with Crippen molar-refractivity contribution in [3.63, 3.8) is 0 Å². The van der Waals surface area contributed by atoms with E-state index in [0.29, 0.717) is 23.6 Å². The molecule has 1 fully saturated rings. The van der Waals surface area contributed by atoms with Crippen LogP contribution in [0.3, 0.4) is 0 Å². The van der Waals surface area contributed by atoms with Crippen LogP contribution in [0.1, 0.15) is 31.2 Å². The van der Waals surface area contributed by atoms with Gasteiger partial charge in [-0.05, 0) is 24.5 Å². The lowest BCUT2D eigenvalue weighted by molar-refractivity contribution is -0.127. The van der Waals surface area contributed by atoms with E-state index >= 15 is 0 Å². The second-order valence-corrected chi connectivity index (χ2v) is 6.43. The van der Waals surface area contributed by atoms with Gasteiger partial charge in [0.2, 0.25) is 5.91 Å². The van der Waals surface area contributed by atoms with E-state index in [-0.39, 0.29) is 12.5 Å². The van der Waals surface area contributed by atoms with Crippen LogP contribution in [0.25, 0.3) is 0 Å². The van der Waals surface area contributed by atoms with Gasteiger partial charge in [0.25, 0.3) is 0 Å². The van der Waals surface area contributed by atoms with Crippen molar-refractivity contribution in [3.8, 4) is 0 Å². The predicted octanol–water partition coefficient (Wildman–Crippen LogP) is 2.41. The minimum absolute atomic E-state index is 0.0173. The Labute approximate surface area is 143 Å². The summed E-state index contributed by atoms with van der Waals surface area (Å²) >= 11 is 6.18. The van der Waals surface area contributed by atoms with Crippen LogP contribution in [0, 0.1) is 0 Å². The molecule has 0 heterocycles. The smallest absolute Gasteiger partial charge is 0.241 e. The number of guanidine groups is 1. The highest BCUT2D eigenvalue weighted by molar-refractivity contribution is 6.31. The van der Waals surface area contributed by atoms with Crippen LogP contribution < -0.4 is 10.6 Å². The normalized spacial score (nSPS) is 15.5. The third-order valence-electron chi connectivity index (χ3n) is 3.97. The molecule has 2 rings (SSSR count). The largest absolute Gasteiger partial charge is 0.354 e. The Morgan fingerprint density at radius 3 is 2.65 bits per heavy atom. The van der Waals surface area contributed by atoms with Gasteiger partial charge >= 0.3 is 0 Å². The summed E-state index contributed by atoms with van der Waals surface area (Å²) in [5.41, 5.74) is 0.973. The number of amides is 1. The molecule has 0 unspecified atom stereocenters. The van der Waals surface area contributed by atoms with Gasteiger partial charge in [0.05, 0.1) is 13.1 Å². The van der Waals surface area contributed by atoms with Crippen molar-refractivity contribution in [2.45, 2.75) is 38.3 Å². The van der Waals surface area contributed by atoms with Crippen molar-refractivity contribution in [2.75, 3.05) is 20.6 Å². The summed E-state index contributed by atoms with van der Waals surface area (Å²) in [4.78, 5) is 17.9. The summed E-state index contributed by atoms with van der Waals surface area (Å²) in [6.07, 6.45) is 4.78. The third-order valence-corrected chi connectivity index (χ3v) is 4.34. The number of carbonyl (C=O) groups is 1. The second-order valence-electron chi connectivity index (χ2n) is 6.02. The molecule has 0 spiro atoms. The van der Waals surface area contributed by atoms with Crippen LogP contribution in [0.15, 0.2) is 29.3 Å². The van der Waals surface area contributed by atoms with Gasteiger partial charge in [0.15, 0.2) is 5.96 Å². The molecule has 23 heavy (non-hydrogen) atoms. The Bertz CT molecular complexity index is 553.